The van der Waals surface area contributed by atoms with Crippen molar-refractivity contribution in [1.82, 2.24) is 5.32 Å². The van der Waals surface area contributed by atoms with Gasteiger partial charge in [-0.15, -0.1) is 0 Å². The molecule has 0 radical (unpaired) electrons. The zero-order chi connectivity index (χ0) is 13.3. The molecular formula is C9H15BrF3NO3. The van der Waals surface area contributed by atoms with Crippen LogP contribution < -0.4 is 5.32 Å². The van der Waals surface area contributed by atoms with E-state index in [1.165, 1.54) is 7.11 Å². The van der Waals surface area contributed by atoms with Crippen molar-refractivity contribution in [2.45, 2.75) is 17.4 Å². The molecule has 17 heavy (non-hydrogen) atoms. The number of carbonyl (C=O) groups is 1. The van der Waals surface area contributed by atoms with E-state index >= 15 is 0 Å². The molecule has 0 fully saturated rings. The second-order valence-corrected chi connectivity index (χ2v) is 4.32. The van der Waals surface area contributed by atoms with Crippen molar-refractivity contribution in [1.29, 1.82) is 0 Å². The molecule has 0 saturated carbocycles. The molecule has 0 aliphatic heterocycles. The smallest absolute Gasteiger partial charge is 0.411 e. The first kappa shape index (κ1) is 16.7. The van der Waals surface area contributed by atoms with Crippen LogP contribution in [0.5, 0.6) is 0 Å². The Morgan fingerprint density at radius 3 is 2.65 bits per heavy atom. The highest BCUT2D eigenvalue weighted by molar-refractivity contribution is 9.10. The van der Waals surface area contributed by atoms with Crippen LogP contribution in [0.1, 0.15) is 6.42 Å². The molecule has 1 atom stereocenters. The maximum atomic E-state index is 11.7. The Kier molecular flexibility index (Phi) is 8.53. The molecule has 0 amide bonds. The van der Waals surface area contributed by atoms with Crippen LogP contribution in [0, 0.1) is 0 Å². The monoisotopic (exact) mass is 321 g/mol. The summed E-state index contributed by atoms with van der Waals surface area (Å²) in [5.74, 6) is -0.397. The largest absolute Gasteiger partial charge is 0.468 e. The highest BCUT2D eigenvalue weighted by atomic mass is 79.9. The number of alkyl halides is 4. The number of nitrogens with one attached hydrogen (secondary N) is 1. The van der Waals surface area contributed by atoms with Gasteiger partial charge in [-0.2, -0.15) is 13.2 Å². The van der Waals surface area contributed by atoms with Gasteiger partial charge in [-0.1, -0.05) is 15.9 Å². The lowest BCUT2D eigenvalue weighted by Gasteiger charge is -2.10. The van der Waals surface area contributed by atoms with Crippen molar-refractivity contribution in [2.24, 2.45) is 0 Å². The van der Waals surface area contributed by atoms with Gasteiger partial charge in [-0.05, 0) is 13.0 Å². The predicted octanol–water partition coefficient (Wildman–Crippen LogP) is 1.48. The Morgan fingerprint density at radius 1 is 1.47 bits per heavy atom. The summed E-state index contributed by atoms with van der Waals surface area (Å²) in [5.41, 5.74) is 0. The third-order valence-corrected chi connectivity index (χ3v) is 2.39. The van der Waals surface area contributed by atoms with E-state index in [9.17, 15) is 18.0 Å². The molecule has 1 N–H and O–H groups in total. The van der Waals surface area contributed by atoms with E-state index in [4.69, 9.17) is 0 Å². The summed E-state index contributed by atoms with van der Waals surface area (Å²) >= 11 is 3.10. The second kappa shape index (κ2) is 8.71. The molecule has 0 saturated heterocycles. The van der Waals surface area contributed by atoms with E-state index in [1.807, 2.05) is 0 Å². The number of methoxy groups -OCH3 is 1. The summed E-state index contributed by atoms with van der Waals surface area (Å²) in [6.07, 6.45) is -3.84. The molecule has 0 heterocycles. The summed E-state index contributed by atoms with van der Waals surface area (Å²) in [6, 6.07) is 0. The molecule has 0 aromatic rings. The van der Waals surface area contributed by atoms with Crippen LogP contribution in [0.4, 0.5) is 13.2 Å². The van der Waals surface area contributed by atoms with Crippen molar-refractivity contribution >= 4 is 21.9 Å². The van der Waals surface area contributed by atoms with E-state index in [0.717, 1.165) is 0 Å². The normalized spacial score (nSPS) is 13.5. The van der Waals surface area contributed by atoms with Crippen molar-refractivity contribution in [2.75, 3.05) is 33.4 Å². The fourth-order valence-electron chi connectivity index (χ4n) is 0.927. The average molecular weight is 322 g/mol. The fourth-order valence-corrected chi connectivity index (χ4v) is 1.34. The summed E-state index contributed by atoms with van der Waals surface area (Å²) in [6.45, 7) is -0.378. The summed E-state index contributed by atoms with van der Waals surface area (Å²) in [5, 5.41) is 2.89. The van der Waals surface area contributed by atoms with Gasteiger partial charge in [-0.3, -0.25) is 4.79 Å². The molecular weight excluding hydrogens is 307 g/mol. The van der Waals surface area contributed by atoms with Crippen LogP contribution in [0.2, 0.25) is 0 Å². The number of rotatable bonds is 8. The van der Waals surface area contributed by atoms with Crippen LogP contribution in [-0.2, 0) is 14.3 Å². The number of esters is 1. The molecule has 102 valence electrons. The third-order valence-electron chi connectivity index (χ3n) is 1.69. The number of carbonyl (C=O) groups excluding carboxylic acids is 1. The van der Waals surface area contributed by atoms with E-state index in [0.29, 0.717) is 19.5 Å². The zero-order valence-corrected chi connectivity index (χ0v) is 10.9. The summed E-state index contributed by atoms with van der Waals surface area (Å²) in [4.78, 5) is 10.5. The van der Waals surface area contributed by atoms with E-state index < -0.39 is 23.6 Å². The van der Waals surface area contributed by atoms with E-state index in [1.54, 1.807) is 0 Å². The third kappa shape index (κ3) is 10.5. The Labute approximate surface area is 106 Å². The van der Waals surface area contributed by atoms with Crippen LogP contribution >= 0.6 is 15.9 Å². The zero-order valence-electron chi connectivity index (χ0n) is 9.35. The topological polar surface area (TPSA) is 47.6 Å². The first-order valence-electron chi connectivity index (χ1n) is 4.94. The van der Waals surface area contributed by atoms with Crippen molar-refractivity contribution in [3.8, 4) is 0 Å². The highest BCUT2D eigenvalue weighted by Gasteiger charge is 2.27. The predicted molar refractivity (Wildman–Crippen MR) is 59.1 cm³/mol. The standard InChI is InChI=1S/C9H15BrF3NO3/c1-16-8(15)7(10)5-14-3-2-4-17-6-9(11,12)13/h7,14H,2-6H2,1H3. The molecule has 0 aromatic heterocycles. The van der Waals surface area contributed by atoms with Gasteiger partial charge >= 0.3 is 12.1 Å². The Balaban J connectivity index is 3.33. The van der Waals surface area contributed by atoms with Crippen LogP contribution in [0.25, 0.3) is 0 Å². The molecule has 8 heteroatoms. The SMILES string of the molecule is COC(=O)C(Br)CNCCCOCC(F)(F)F. The highest BCUT2D eigenvalue weighted by Crippen LogP contribution is 2.14. The molecule has 0 spiro atoms. The fraction of sp³-hybridized carbons (Fsp3) is 0.889. The van der Waals surface area contributed by atoms with Crippen LogP contribution in [-0.4, -0.2) is 50.4 Å². The molecule has 1 unspecified atom stereocenters. The van der Waals surface area contributed by atoms with E-state index in [2.05, 4.69) is 30.7 Å². The van der Waals surface area contributed by atoms with Crippen LogP contribution in [0.15, 0.2) is 0 Å². The number of hydrogen-bond donors (Lipinski definition) is 1. The van der Waals surface area contributed by atoms with Crippen molar-refractivity contribution < 1.29 is 27.4 Å². The lowest BCUT2D eigenvalue weighted by atomic mass is 10.4. The second-order valence-electron chi connectivity index (χ2n) is 3.22. The molecule has 0 aliphatic rings. The number of hydrogen-bond acceptors (Lipinski definition) is 4. The Morgan fingerprint density at radius 2 is 2.12 bits per heavy atom. The van der Waals surface area contributed by atoms with Gasteiger partial charge in [0.1, 0.15) is 11.4 Å². The number of halogens is 4. The summed E-state index contributed by atoms with van der Waals surface area (Å²) < 4.78 is 43.9. The van der Waals surface area contributed by atoms with Gasteiger partial charge in [0.15, 0.2) is 0 Å². The maximum Gasteiger partial charge on any atom is 0.411 e. The van der Waals surface area contributed by atoms with Gasteiger partial charge < -0.3 is 14.8 Å². The summed E-state index contributed by atoms with van der Waals surface area (Å²) in [7, 11) is 1.28. The lowest BCUT2D eigenvalue weighted by molar-refractivity contribution is -0.174. The van der Waals surface area contributed by atoms with Crippen LogP contribution in [0.3, 0.4) is 0 Å². The average Bonchev–Trinajstić information content (AvgIpc) is 2.24. The number of ether oxygens (including phenoxy) is 2. The van der Waals surface area contributed by atoms with Gasteiger partial charge in [0.25, 0.3) is 0 Å². The van der Waals surface area contributed by atoms with Gasteiger partial charge in [0, 0.05) is 13.2 Å². The minimum Gasteiger partial charge on any atom is -0.468 e. The molecule has 0 aliphatic carbocycles. The Bertz CT molecular complexity index is 226. The van der Waals surface area contributed by atoms with Crippen molar-refractivity contribution in [3.63, 3.8) is 0 Å². The minimum atomic E-state index is -4.28. The quantitative estimate of drug-likeness (QED) is 0.418. The van der Waals surface area contributed by atoms with Crippen molar-refractivity contribution in [3.05, 3.63) is 0 Å². The Hall–Kier alpha value is -0.340. The first-order valence-corrected chi connectivity index (χ1v) is 5.85. The lowest BCUT2D eigenvalue weighted by Crippen LogP contribution is -2.30. The molecule has 0 aromatic carbocycles. The maximum absolute atomic E-state index is 11.7. The van der Waals surface area contributed by atoms with Gasteiger partial charge in [-0.25, -0.2) is 0 Å². The first-order chi connectivity index (χ1) is 7.87. The van der Waals surface area contributed by atoms with E-state index in [-0.39, 0.29) is 6.61 Å². The van der Waals surface area contributed by atoms with Gasteiger partial charge in [0.05, 0.1) is 7.11 Å². The molecule has 4 nitrogen and oxygen atoms in total. The molecule has 0 rings (SSSR count). The molecule has 0 bridgehead atoms. The minimum absolute atomic E-state index is 0.0255. The van der Waals surface area contributed by atoms with Gasteiger partial charge in [0.2, 0.25) is 0 Å².